The number of nitrogens with zero attached hydrogens (tertiary/aromatic N) is 2. The maximum Gasteiger partial charge on any atom is 0.387 e. The van der Waals surface area contributed by atoms with E-state index in [0.717, 1.165) is 5.69 Å². The zero-order valence-corrected chi connectivity index (χ0v) is 17.0. The maximum atomic E-state index is 13.1. The lowest BCUT2D eigenvalue weighted by molar-refractivity contribution is -0.125. The number of amides is 1. The van der Waals surface area contributed by atoms with Crippen LogP contribution < -0.4 is 15.0 Å². The summed E-state index contributed by atoms with van der Waals surface area (Å²) < 4.78 is 30.5. The van der Waals surface area contributed by atoms with E-state index in [4.69, 9.17) is 17.0 Å². The molecule has 0 saturated carbocycles. The van der Waals surface area contributed by atoms with Gasteiger partial charge in [-0.05, 0) is 37.3 Å². The van der Waals surface area contributed by atoms with Crippen LogP contribution in [-0.4, -0.2) is 36.6 Å². The number of halogens is 2. The molecule has 2 aromatic rings. The van der Waals surface area contributed by atoms with Crippen LogP contribution in [0.25, 0.3) is 0 Å². The molecule has 1 amide bonds. The van der Waals surface area contributed by atoms with E-state index in [-0.39, 0.29) is 11.7 Å². The number of hydrogen-bond donors (Lipinski definition) is 1. The highest BCUT2D eigenvalue weighted by molar-refractivity contribution is 7.80. The average molecular weight is 417 g/mol. The minimum atomic E-state index is -2.98. The van der Waals surface area contributed by atoms with E-state index in [9.17, 15) is 13.6 Å². The molecule has 152 valence electrons. The monoisotopic (exact) mass is 417 g/mol. The van der Waals surface area contributed by atoms with E-state index in [2.05, 4.69) is 5.32 Å². The minimum absolute atomic E-state index is 0.00665. The molecule has 5 nitrogen and oxygen atoms in total. The quantitative estimate of drug-likeness (QED) is 0.743. The molecular formula is C21H21F2N3O2S. The summed E-state index contributed by atoms with van der Waals surface area (Å²) >= 11 is 5.57. The van der Waals surface area contributed by atoms with Crippen LogP contribution in [0.4, 0.5) is 14.5 Å². The molecule has 2 aromatic carbocycles. The lowest BCUT2D eigenvalue weighted by Gasteiger charge is -2.38. The van der Waals surface area contributed by atoms with Crippen LogP contribution in [0.1, 0.15) is 18.5 Å². The van der Waals surface area contributed by atoms with Gasteiger partial charge in [0.2, 0.25) is 0 Å². The number of carbonyl (C=O) groups is 1. The summed E-state index contributed by atoms with van der Waals surface area (Å²) in [5.41, 5.74) is 2.22. The molecule has 1 atom stereocenters. The van der Waals surface area contributed by atoms with Crippen molar-refractivity contribution in [3.05, 3.63) is 71.4 Å². The van der Waals surface area contributed by atoms with Crippen LogP contribution in [0.3, 0.4) is 0 Å². The van der Waals surface area contributed by atoms with Crippen LogP contribution in [0.2, 0.25) is 0 Å². The number of hydrogen-bond acceptors (Lipinski definition) is 3. The summed E-state index contributed by atoms with van der Waals surface area (Å²) in [6, 6.07) is 15.1. The van der Waals surface area contributed by atoms with E-state index >= 15 is 0 Å². The van der Waals surface area contributed by atoms with Crippen molar-refractivity contribution in [2.45, 2.75) is 19.6 Å². The predicted octanol–water partition coefficient (Wildman–Crippen LogP) is 4.09. The Kier molecular flexibility index (Phi) is 6.12. The third-order valence-corrected chi connectivity index (χ3v) is 4.88. The SMILES string of the molecule is CC1=C(C(=O)N(C)C)C(c2ccccc2OC(F)F)NC(=S)N1c1ccccc1. The lowest BCUT2D eigenvalue weighted by Crippen LogP contribution is -2.49. The van der Waals surface area contributed by atoms with Crippen molar-refractivity contribution in [3.8, 4) is 5.75 Å². The number of alkyl halides is 2. The van der Waals surface area contributed by atoms with Gasteiger partial charge in [0.1, 0.15) is 5.75 Å². The summed E-state index contributed by atoms with van der Waals surface area (Å²) in [6.45, 7) is -1.19. The number of likely N-dealkylation sites (N-methyl/N-ethyl adjacent to an activating group) is 1. The molecule has 0 spiro atoms. The van der Waals surface area contributed by atoms with Gasteiger partial charge >= 0.3 is 6.61 Å². The number of thiocarbonyl (C=S) groups is 1. The van der Waals surface area contributed by atoms with Gasteiger partial charge in [0.25, 0.3) is 5.91 Å². The Morgan fingerprint density at radius 2 is 1.76 bits per heavy atom. The fourth-order valence-electron chi connectivity index (χ4n) is 3.30. The molecule has 0 radical (unpaired) electrons. The first-order chi connectivity index (χ1) is 13.8. The molecule has 1 N–H and O–H groups in total. The van der Waals surface area contributed by atoms with Crippen molar-refractivity contribution in [1.82, 2.24) is 10.2 Å². The number of allylic oxidation sites excluding steroid dienone is 1. The summed E-state index contributed by atoms with van der Waals surface area (Å²) in [6.07, 6.45) is 0. The lowest BCUT2D eigenvalue weighted by atomic mass is 9.93. The fraction of sp³-hybridized carbons (Fsp3) is 0.238. The molecule has 1 heterocycles. The highest BCUT2D eigenvalue weighted by Gasteiger charge is 2.36. The Labute approximate surface area is 173 Å². The number of benzene rings is 2. The molecule has 0 fully saturated rings. The molecule has 1 aliphatic rings. The van der Waals surface area contributed by atoms with Crippen LogP contribution >= 0.6 is 12.2 Å². The normalized spacial score (nSPS) is 16.7. The second-order valence-corrected chi connectivity index (χ2v) is 7.06. The fourth-order valence-corrected chi connectivity index (χ4v) is 3.66. The highest BCUT2D eigenvalue weighted by Crippen LogP contribution is 2.38. The molecule has 29 heavy (non-hydrogen) atoms. The minimum Gasteiger partial charge on any atom is -0.434 e. The Morgan fingerprint density at radius 3 is 2.38 bits per heavy atom. The van der Waals surface area contributed by atoms with Gasteiger partial charge in [0.15, 0.2) is 5.11 Å². The number of rotatable bonds is 5. The van der Waals surface area contributed by atoms with Crippen molar-refractivity contribution in [1.29, 1.82) is 0 Å². The van der Waals surface area contributed by atoms with E-state index < -0.39 is 12.7 Å². The molecule has 0 aromatic heterocycles. The van der Waals surface area contributed by atoms with Gasteiger partial charge in [0.05, 0.1) is 11.6 Å². The number of carbonyl (C=O) groups excluding carboxylic acids is 1. The standard InChI is InChI=1S/C21H21F2N3O2S/c1-13-17(19(27)25(2)3)18(15-11-7-8-12-16(15)28-20(22)23)24-21(29)26(13)14-9-5-4-6-10-14/h4-12,18,20H,1-3H3,(H,24,29). The zero-order valence-electron chi connectivity index (χ0n) is 16.2. The molecule has 3 rings (SSSR count). The van der Waals surface area contributed by atoms with Gasteiger partial charge in [-0.1, -0.05) is 36.4 Å². The maximum absolute atomic E-state index is 13.1. The summed E-state index contributed by atoms with van der Waals surface area (Å²) in [5, 5.41) is 3.50. The topological polar surface area (TPSA) is 44.8 Å². The van der Waals surface area contributed by atoms with Crippen molar-refractivity contribution in [2.75, 3.05) is 19.0 Å². The van der Waals surface area contributed by atoms with Crippen molar-refractivity contribution < 1.29 is 18.3 Å². The van der Waals surface area contributed by atoms with E-state index in [0.29, 0.717) is 21.9 Å². The summed E-state index contributed by atoms with van der Waals surface area (Å²) in [4.78, 5) is 16.3. The first-order valence-electron chi connectivity index (χ1n) is 8.93. The van der Waals surface area contributed by atoms with Gasteiger partial charge in [-0.3, -0.25) is 9.69 Å². The van der Waals surface area contributed by atoms with E-state index in [1.54, 1.807) is 44.1 Å². The van der Waals surface area contributed by atoms with Gasteiger partial charge < -0.3 is 15.0 Å². The Hall–Kier alpha value is -3.00. The van der Waals surface area contributed by atoms with E-state index in [1.807, 2.05) is 30.3 Å². The van der Waals surface area contributed by atoms with Crippen molar-refractivity contribution >= 4 is 28.9 Å². The smallest absolute Gasteiger partial charge is 0.387 e. The first-order valence-corrected chi connectivity index (χ1v) is 9.34. The largest absolute Gasteiger partial charge is 0.434 e. The Morgan fingerprint density at radius 1 is 1.14 bits per heavy atom. The highest BCUT2D eigenvalue weighted by atomic mass is 32.1. The average Bonchev–Trinajstić information content (AvgIpc) is 2.68. The van der Waals surface area contributed by atoms with Gasteiger partial charge in [-0.25, -0.2) is 0 Å². The van der Waals surface area contributed by atoms with Crippen LogP contribution in [0, 0.1) is 0 Å². The number of ether oxygens (including phenoxy) is 1. The number of anilines is 1. The van der Waals surface area contributed by atoms with Gasteiger partial charge in [-0.2, -0.15) is 8.78 Å². The molecule has 1 aliphatic heterocycles. The molecule has 0 saturated heterocycles. The van der Waals surface area contributed by atoms with Crippen LogP contribution in [0.15, 0.2) is 65.9 Å². The second-order valence-electron chi connectivity index (χ2n) is 6.67. The third kappa shape index (κ3) is 4.22. The zero-order chi connectivity index (χ0) is 21.1. The Bertz CT molecular complexity index is 948. The molecule has 8 heteroatoms. The second kappa shape index (κ2) is 8.57. The van der Waals surface area contributed by atoms with Crippen molar-refractivity contribution in [2.24, 2.45) is 0 Å². The van der Waals surface area contributed by atoms with Crippen LogP contribution in [0.5, 0.6) is 5.75 Å². The van der Waals surface area contributed by atoms with Crippen LogP contribution in [-0.2, 0) is 4.79 Å². The van der Waals surface area contributed by atoms with E-state index in [1.165, 1.54) is 11.0 Å². The number of para-hydroxylation sites is 2. The summed E-state index contributed by atoms with van der Waals surface area (Å²) in [5.74, 6) is -0.261. The van der Waals surface area contributed by atoms with Gasteiger partial charge in [0, 0.05) is 31.0 Å². The van der Waals surface area contributed by atoms with Crippen molar-refractivity contribution in [3.63, 3.8) is 0 Å². The predicted molar refractivity (Wildman–Crippen MR) is 112 cm³/mol. The molecule has 1 unspecified atom stereocenters. The first kappa shape index (κ1) is 20.7. The number of nitrogens with one attached hydrogen (secondary N) is 1. The molecular weight excluding hydrogens is 396 g/mol. The summed E-state index contributed by atoms with van der Waals surface area (Å²) in [7, 11) is 3.28. The van der Waals surface area contributed by atoms with Gasteiger partial charge in [-0.15, -0.1) is 0 Å². The molecule has 0 aliphatic carbocycles. The third-order valence-electron chi connectivity index (χ3n) is 4.58. The Balaban J connectivity index is 2.17. The molecule has 0 bridgehead atoms.